The van der Waals surface area contributed by atoms with E-state index in [2.05, 4.69) is 4.72 Å². The van der Waals surface area contributed by atoms with Gasteiger partial charge in [-0.1, -0.05) is 72.3 Å². The summed E-state index contributed by atoms with van der Waals surface area (Å²) < 4.78 is 32.0. The number of rotatable bonds is 8. The van der Waals surface area contributed by atoms with Crippen LogP contribution in [-0.2, 0) is 10.0 Å². The molecule has 0 bridgehead atoms. The topological polar surface area (TPSA) is 126 Å². The molecular weight excluding hydrogens is 572 g/mol. The zero-order valence-corrected chi connectivity index (χ0v) is 23.2. The Morgan fingerprint density at radius 1 is 0.850 bits per heavy atom. The first kappa shape index (κ1) is 27.2. The number of aromatic nitrogens is 1. The van der Waals surface area contributed by atoms with Gasteiger partial charge in [-0.3, -0.25) is 4.72 Å². The van der Waals surface area contributed by atoms with Gasteiger partial charge >= 0.3 is 11.9 Å². The molecule has 0 aliphatic heterocycles. The van der Waals surface area contributed by atoms with E-state index in [1.807, 2.05) is 6.07 Å². The van der Waals surface area contributed by atoms with Crippen LogP contribution in [0.25, 0.3) is 27.4 Å². The summed E-state index contributed by atoms with van der Waals surface area (Å²) in [6.45, 7) is 1.41. The molecule has 0 aliphatic rings. The molecule has 0 radical (unpaired) electrons. The third-order valence-electron chi connectivity index (χ3n) is 6.19. The van der Waals surface area contributed by atoms with Gasteiger partial charge in [0.25, 0.3) is 10.0 Å². The van der Waals surface area contributed by atoms with Crippen LogP contribution in [0.15, 0.2) is 95.9 Å². The minimum Gasteiger partial charge on any atom is -0.477 e. The van der Waals surface area contributed by atoms with Crippen LogP contribution >= 0.6 is 22.9 Å². The molecule has 2 aromatic heterocycles. The Hall–Kier alpha value is -4.38. The van der Waals surface area contributed by atoms with E-state index >= 15 is 0 Å². The largest absolute Gasteiger partial charge is 0.477 e. The second-order valence-corrected chi connectivity index (χ2v) is 11.9. The molecule has 5 aromatic rings. The van der Waals surface area contributed by atoms with Gasteiger partial charge in [0.1, 0.15) is 15.5 Å². The van der Waals surface area contributed by atoms with Crippen LogP contribution < -0.4 is 4.72 Å². The first-order valence-electron chi connectivity index (χ1n) is 11.8. The monoisotopic (exact) mass is 592 g/mol. The summed E-state index contributed by atoms with van der Waals surface area (Å²) in [7, 11) is -4.52. The van der Waals surface area contributed by atoms with Crippen molar-refractivity contribution in [2.45, 2.75) is 11.8 Å². The number of hydrogen-bond donors (Lipinski definition) is 3. The highest BCUT2D eigenvalue weighted by molar-refractivity contribution is 7.93. The van der Waals surface area contributed by atoms with Crippen molar-refractivity contribution < 1.29 is 28.2 Å². The van der Waals surface area contributed by atoms with Crippen molar-refractivity contribution in [1.29, 1.82) is 0 Å². The highest BCUT2D eigenvalue weighted by atomic mass is 35.5. The second kappa shape index (κ2) is 10.6. The third kappa shape index (κ3) is 5.00. The van der Waals surface area contributed by atoms with E-state index in [9.17, 15) is 28.2 Å². The molecular formula is C29H21ClN2O6S2. The summed E-state index contributed by atoms with van der Waals surface area (Å²) in [6, 6.07) is 25.3. The molecule has 11 heteroatoms. The molecule has 2 heterocycles. The molecule has 0 aliphatic carbocycles. The Labute approximate surface area is 238 Å². The Bertz CT molecular complexity index is 1850. The van der Waals surface area contributed by atoms with Crippen LogP contribution in [0.3, 0.4) is 0 Å². The highest BCUT2D eigenvalue weighted by Crippen LogP contribution is 2.41. The molecule has 3 N–H and O–H groups in total. The number of anilines is 1. The lowest BCUT2D eigenvalue weighted by Gasteiger charge is -2.14. The van der Waals surface area contributed by atoms with E-state index in [-0.39, 0.29) is 32.4 Å². The molecule has 0 saturated heterocycles. The van der Waals surface area contributed by atoms with Crippen molar-refractivity contribution in [2.24, 2.45) is 0 Å². The van der Waals surface area contributed by atoms with Crippen LogP contribution in [0.4, 0.5) is 5.69 Å². The number of halogens is 1. The smallest absolute Gasteiger partial charge is 0.353 e. The number of para-hydroxylation sites is 1. The van der Waals surface area contributed by atoms with Gasteiger partial charge in [-0.15, -0.1) is 11.3 Å². The fourth-order valence-corrected chi connectivity index (χ4v) is 7.18. The fraction of sp³-hybridized carbons (Fsp3) is 0.0345. The first-order valence-corrected chi connectivity index (χ1v) is 14.5. The van der Waals surface area contributed by atoms with Crippen molar-refractivity contribution >= 4 is 50.6 Å². The van der Waals surface area contributed by atoms with Gasteiger partial charge in [-0.2, -0.15) is 0 Å². The SMILES string of the molecule is Cc1c(S(=O)(=O)Nc2cc(-c3ccccc3)sc2C(=O)O)c(-c2ccc(Cl)cc2)n(-c2ccccc2)c1C(=O)O. The van der Waals surface area contributed by atoms with Crippen LogP contribution in [0.2, 0.25) is 5.02 Å². The molecule has 3 aromatic carbocycles. The zero-order valence-electron chi connectivity index (χ0n) is 20.8. The lowest BCUT2D eigenvalue weighted by atomic mass is 10.1. The van der Waals surface area contributed by atoms with E-state index in [1.165, 1.54) is 17.6 Å². The number of carboxylic acids is 2. The number of benzene rings is 3. The van der Waals surface area contributed by atoms with Gasteiger partial charge in [0.05, 0.1) is 11.4 Å². The summed E-state index contributed by atoms with van der Waals surface area (Å²) in [5.74, 6) is -2.63. The maximum Gasteiger partial charge on any atom is 0.353 e. The van der Waals surface area contributed by atoms with E-state index in [1.54, 1.807) is 78.9 Å². The van der Waals surface area contributed by atoms with Crippen molar-refractivity contribution in [3.8, 4) is 27.4 Å². The lowest BCUT2D eigenvalue weighted by molar-refractivity contribution is 0.0682. The Morgan fingerprint density at radius 3 is 2.02 bits per heavy atom. The molecule has 0 fully saturated rings. The number of hydrogen-bond acceptors (Lipinski definition) is 5. The van der Waals surface area contributed by atoms with Crippen molar-refractivity contribution in [3.63, 3.8) is 0 Å². The minimum atomic E-state index is -4.52. The third-order valence-corrected chi connectivity index (χ3v) is 9.14. The van der Waals surface area contributed by atoms with Gasteiger partial charge in [0, 0.05) is 26.7 Å². The molecule has 0 saturated carbocycles. The average molecular weight is 593 g/mol. The van der Waals surface area contributed by atoms with Gasteiger partial charge < -0.3 is 14.8 Å². The molecule has 0 spiro atoms. The first-order chi connectivity index (χ1) is 19.1. The van der Waals surface area contributed by atoms with Gasteiger partial charge in [-0.25, -0.2) is 18.0 Å². The Morgan fingerprint density at radius 2 is 1.45 bits per heavy atom. The van der Waals surface area contributed by atoms with Gasteiger partial charge in [0.15, 0.2) is 0 Å². The summed E-state index contributed by atoms with van der Waals surface area (Å²) in [5, 5.41) is 20.5. The molecule has 40 heavy (non-hydrogen) atoms. The minimum absolute atomic E-state index is 0.0100. The standard InChI is InChI=1S/C29H21ClN2O6S2/c1-17-24(28(33)34)32(21-10-6-3-7-11-21)25(19-12-14-20(30)15-13-19)27(17)40(37,38)31-22-16-23(39-26(22)29(35)36)18-8-4-2-5-9-18/h2-16,31H,1H3,(H,33,34)(H,35,36). The summed E-state index contributed by atoms with van der Waals surface area (Å²) in [5.41, 5.74) is 1.28. The number of carbonyl (C=O) groups is 2. The predicted molar refractivity (Wildman–Crippen MR) is 155 cm³/mol. The van der Waals surface area contributed by atoms with Crippen molar-refractivity contribution in [1.82, 2.24) is 4.57 Å². The molecule has 5 rings (SSSR count). The maximum atomic E-state index is 14.1. The van der Waals surface area contributed by atoms with Gasteiger partial charge in [0.2, 0.25) is 0 Å². The number of aromatic carboxylic acids is 2. The number of nitrogens with zero attached hydrogens (tertiary/aromatic N) is 1. The van der Waals surface area contributed by atoms with Crippen LogP contribution in [0, 0.1) is 6.92 Å². The number of sulfonamides is 1. The second-order valence-electron chi connectivity index (χ2n) is 8.76. The maximum absolute atomic E-state index is 14.1. The summed E-state index contributed by atoms with van der Waals surface area (Å²) >= 11 is 7.03. The number of carboxylic acid groups (broad SMARTS) is 2. The van der Waals surface area contributed by atoms with E-state index in [0.29, 0.717) is 21.2 Å². The predicted octanol–water partition coefficient (Wildman–Crippen LogP) is 7.03. The normalized spacial score (nSPS) is 11.3. The number of thiophene rings is 1. The summed E-state index contributed by atoms with van der Waals surface area (Å²) in [6.07, 6.45) is 0. The van der Waals surface area contributed by atoms with Crippen LogP contribution in [0.1, 0.15) is 25.7 Å². The van der Waals surface area contributed by atoms with Gasteiger partial charge in [-0.05, 0) is 42.8 Å². The molecule has 0 amide bonds. The van der Waals surface area contributed by atoms with Crippen LogP contribution in [0.5, 0.6) is 0 Å². The molecule has 0 atom stereocenters. The zero-order chi connectivity index (χ0) is 28.6. The van der Waals surface area contributed by atoms with E-state index in [0.717, 1.165) is 16.9 Å². The quantitative estimate of drug-likeness (QED) is 0.177. The number of nitrogens with one attached hydrogen (secondary N) is 1. The molecule has 0 unspecified atom stereocenters. The summed E-state index contributed by atoms with van der Waals surface area (Å²) in [4.78, 5) is 24.7. The average Bonchev–Trinajstić information content (AvgIpc) is 3.49. The highest BCUT2D eigenvalue weighted by Gasteiger charge is 2.34. The molecule has 202 valence electrons. The molecule has 8 nitrogen and oxygen atoms in total. The van der Waals surface area contributed by atoms with E-state index in [4.69, 9.17) is 11.6 Å². The van der Waals surface area contributed by atoms with Crippen molar-refractivity contribution in [3.05, 3.63) is 112 Å². The van der Waals surface area contributed by atoms with E-state index < -0.39 is 22.0 Å². The van der Waals surface area contributed by atoms with Crippen LogP contribution in [-0.4, -0.2) is 35.1 Å². The Balaban J connectivity index is 1.76. The Kier molecular flexibility index (Phi) is 7.24. The fourth-order valence-electron chi connectivity index (χ4n) is 4.52. The van der Waals surface area contributed by atoms with Crippen molar-refractivity contribution in [2.75, 3.05) is 4.72 Å². The lowest BCUT2D eigenvalue weighted by Crippen LogP contribution is -2.16.